The fraction of sp³-hybridized carbons (Fsp3) is 0.231. The summed E-state index contributed by atoms with van der Waals surface area (Å²) in [5.74, 6) is 0.497. The molecule has 0 bridgehead atoms. The number of hydrogen-bond acceptors (Lipinski definition) is 4. The minimum absolute atomic E-state index is 0.222. The van der Waals surface area contributed by atoms with Gasteiger partial charge in [0.2, 0.25) is 5.88 Å². The number of aromatic hydroxyl groups is 1. The molecule has 2 aromatic rings. The van der Waals surface area contributed by atoms with Crippen molar-refractivity contribution >= 4 is 11.8 Å². The van der Waals surface area contributed by atoms with Crippen molar-refractivity contribution < 1.29 is 5.11 Å². The van der Waals surface area contributed by atoms with E-state index in [1.54, 1.807) is 4.57 Å². The molecule has 1 heterocycles. The molecule has 0 amide bonds. The zero-order valence-corrected chi connectivity index (χ0v) is 10.9. The van der Waals surface area contributed by atoms with E-state index >= 15 is 0 Å². The summed E-state index contributed by atoms with van der Waals surface area (Å²) in [6.45, 7) is 2.43. The Hall–Kier alpha value is -1.75. The molecule has 1 aromatic carbocycles. The van der Waals surface area contributed by atoms with Gasteiger partial charge < -0.3 is 5.11 Å². The van der Waals surface area contributed by atoms with Gasteiger partial charge in [0.1, 0.15) is 0 Å². The first kappa shape index (κ1) is 12.7. The van der Waals surface area contributed by atoms with E-state index in [0.717, 1.165) is 17.4 Å². The molecule has 0 atom stereocenters. The average Bonchev–Trinajstić information content (AvgIpc) is 2.37. The molecule has 0 aliphatic carbocycles. The van der Waals surface area contributed by atoms with Gasteiger partial charge in [0.05, 0.1) is 6.07 Å². The van der Waals surface area contributed by atoms with E-state index in [0.29, 0.717) is 11.7 Å². The van der Waals surface area contributed by atoms with Gasteiger partial charge >= 0.3 is 0 Å². The van der Waals surface area contributed by atoms with Crippen molar-refractivity contribution in [1.29, 1.82) is 0 Å². The van der Waals surface area contributed by atoms with Crippen molar-refractivity contribution in [2.75, 3.05) is 0 Å². The number of hydrogen-bond donors (Lipinski definition) is 1. The topological polar surface area (TPSA) is 55.1 Å². The van der Waals surface area contributed by atoms with Crippen LogP contribution in [0.25, 0.3) is 0 Å². The van der Waals surface area contributed by atoms with E-state index < -0.39 is 0 Å². The summed E-state index contributed by atoms with van der Waals surface area (Å²) in [5, 5.41) is 9.92. The summed E-state index contributed by atoms with van der Waals surface area (Å²) in [6, 6.07) is 11.1. The molecular formula is C13H14N2O2S. The Labute approximate surface area is 109 Å². The van der Waals surface area contributed by atoms with Gasteiger partial charge in [0.15, 0.2) is 5.16 Å². The van der Waals surface area contributed by atoms with Crippen LogP contribution in [0.1, 0.15) is 12.5 Å². The highest BCUT2D eigenvalue weighted by atomic mass is 32.2. The van der Waals surface area contributed by atoms with Crippen LogP contribution in [-0.2, 0) is 12.3 Å². The van der Waals surface area contributed by atoms with Gasteiger partial charge in [0.25, 0.3) is 5.56 Å². The lowest BCUT2D eigenvalue weighted by molar-refractivity contribution is 0.434. The van der Waals surface area contributed by atoms with Crippen molar-refractivity contribution in [2.45, 2.75) is 24.4 Å². The van der Waals surface area contributed by atoms with E-state index in [9.17, 15) is 9.90 Å². The first-order valence-corrected chi connectivity index (χ1v) is 6.67. The molecule has 1 aromatic heterocycles. The van der Waals surface area contributed by atoms with Crippen LogP contribution in [0.15, 0.2) is 46.3 Å². The quantitative estimate of drug-likeness (QED) is 0.678. The standard InChI is InChI=1S/C13H14N2O2S/c1-2-15-12(17)8-11(16)14-13(15)18-9-10-6-4-3-5-7-10/h3-8,16H,2,9H2,1H3. The largest absolute Gasteiger partial charge is 0.493 e. The van der Waals surface area contributed by atoms with E-state index in [1.807, 2.05) is 37.3 Å². The van der Waals surface area contributed by atoms with Crippen molar-refractivity contribution in [3.8, 4) is 5.88 Å². The summed E-state index contributed by atoms with van der Waals surface area (Å²) in [4.78, 5) is 15.7. The van der Waals surface area contributed by atoms with Gasteiger partial charge in [0, 0.05) is 12.3 Å². The van der Waals surface area contributed by atoms with Crippen LogP contribution < -0.4 is 5.56 Å². The second-order valence-corrected chi connectivity index (χ2v) is 4.70. The fourth-order valence-electron chi connectivity index (χ4n) is 1.60. The lowest BCUT2D eigenvalue weighted by atomic mass is 10.2. The van der Waals surface area contributed by atoms with Crippen molar-refractivity contribution in [1.82, 2.24) is 9.55 Å². The predicted octanol–water partition coefficient (Wildman–Crippen LogP) is 2.26. The Morgan fingerprint density at radius 1 is 1.33 bits per heavy atom. The third-order valence-electron chi connectivity index (χ3n) is 2.49. The molecule has 18 heavy (non-hydrogen) atoms. The minimum Gasteiger partial charge on any atom is -0.493 e. The molecular weight excluding hydrogens is 248 g/mol. The van der Waals surface area contributed by atoms with Crippen LogP contribution >= 0.6 is 11.8 Å². The number of rotatable bonds is 4. The Morgan fingerprint density at radius 2 is 2.06 bits per heavy atom. The summed E-state index contributed by atoms with van der Waals surface area (Å²) in [7, 11) is 0. The molecule has 94 valence electrons. The van der Waals surface area contributed by atoms with E-state index in [2.05, 4.69) is 4.98 Å². The van der Waals surface area contributed by atoms with Gasteiger partial charge in [-0.15, -0.1) is 0 Å². The zero-order chi connectivity index (χ0) is 13.0. The second kappa shape index (κ2) is 5.73. The van der Waals surface area contributed by atoms with Crippen molar-refractivity contribution in [3.05, 3.63) is 52.3 Å². The van der Waals surface area contributed by atoms with Gasteiger partial charge in [-0.2, -0.15) is 4.98 Å². The van der Waals surface area contributed by atoms with E-state index in [4.69, 9.17) is 0 Å². The van der Waals surface area contributed by atoms with Gasteiger partial charge in [-0.3, -0.25) is 9.36 Å². The summed E-state index contributed by atoms with van der Waals surface area (Å²) in [5.41, 5.74) is 0.934. The lowest BCUT2D eigenvalue weighted by Crippen LogP contribution is -2.20. The molecule has 2 rings (SSSR count). The third-order valence-corrected chi connectivity index (χ3v) is 3.53. The number of thioether (sulfide) groups is 1. The number of benzene rings is 1. The second-order valence-electron chi connectivity index (χ2n) is 3.75. The molecule has 0 spiro atoms. The van der Waals surface area contributed by atoms with Crippen LogP contribution in [0, 0.1) is 0 Å². The monoisotopic (exact) mass is 262 g/mol. The van der Waals surface area contributed by atoms with E-state index in [-0.39, 0.29) is 11.4 Å². The predicted molar refractivity (Wildman–Crippen MR) is 71.8 cm³/mol. The summed E-state index contributed by atoms with van der Waals surface area (Å²) in [6.07, 6.45) is 0. The molecule has 0 fully saturated rings. The third kappa shape index (κ3) is 2.92. The minimum atomic E-state index is -0.222. The Balaban J connectivity index is 2.21. The molecule has 0 radical (unpaired) electrons. The molecule has 1 N–H and O–H groups in total. The Morgan fingerprint density at radius 3 is 2.72 bits per heavy atom. The van der Waals surface area contributed by atoms with Gasteiger partial charge in [-0.25, -0.2) is 0 Å². The number of aromatic nitrogens is 2. The molecule has 5 heteroatoms. The maximum absolute atomic E-state index is 11.7. The van der Waals surface area contributed by atoms with Crippen LogP contribution in [0.3, 0.4) is 0 Å². The molecule has 0 saturated heterocycles. The lowest BCUT2D eigenvalue weighted by Gasteiger charge is -2.09. The zero-order valence-electron chi connectivity index (χ0n) is 10.0. The highest BCUT2D eigenvalue weighted by Crippen LogP contribution is 2.21. The molecule has 4 nitrogen and oxygen atoms in total. The molecule has 0 aliphatic heterocycles. The smallest absolute Gasteiger partial charge is 0.257 e. The normalized spacial score (nSPS) is 10.5. The first-order chi connectivity index (χ1) is 8.70. The van der Waals surface area contributed by atoms with Crippen LogP contribution in [-0.4, -0.2) is 14.7 Å². The van der Waals surface area contributed by atoms with Crippen LogP contribution in [0.4, 0.5) is 0 Å². The van der Waals surface area contributed by atoms with Crippen LogP contribution in [0.5, 0.6) is 5.88 Å². The molecule has 0 aliphatic rings. The summed E-state index contributed by atoms with van der Waals surface area (Å²) < 4.78 is 1.55. The SMILES string of the molecule is CCn1c(SCc2ccccc2)nc(O)cc1=O. The average molecular weight is 262 g/mol. The van der Waals surface area contributed by atoms with Crippen LogP contribution in [0.2, 0.25) is 0 Å². The maximum atomic E-state index is 11.7. The van der Waals surface area contributed by atoms with E-state index in [1.165, 1.54) is 11.8 Å². The fourth-order valence-corrected chi connectivity index (χ4v) is 2.62. The molecule has 0 unspecified atom stereocenters. The van der Waals surface area contributed by atoms with Gasteiger partial charge in [-0.05, 0) is 12.5 Å². The molecule has 0 saturated carbocycles. The highest BCUT2D eigenvalue weighted by Gasteiger charge is 2.07. The highest BCUT2D eigenvalue weighted by molar-refractivity contribution is 7.98. The van der Waals surface area contributed by atoms with Crippen molar-refractivity contribution in [2.24, 2.45) is 0 Å². The summed E-state index contributed by atoms with van der Waals surface area (Å²) >= 11 is 1.44. The number of nitrogens with zero attached hydrogens (tertiary/aromatic N) is 2. The van der Waals surface area contributed by atoms with Gasteiger partial charge in [-0.1, -0.05) is 42.1 Å². The first-order valence-electron chi connectivity index (χ1n) is 5.68. The maximum Gasteiger partial charge on any atom is 0.257 e. The van der Waals surface area contributed by atoms with Crippen molar-refractivity contribution in [3.63, 3.8) is 0 Å². The Bertz CT molecular complexity index is 581. The Kier molecular flexibility index (Phi) is 4.04.